The van der Waals surface area contributed by atoms with Gasteiger partial charge in [-0.1, -0.05) is 60.7 Å². The van der Waals surface area contributed by atoms with Gasteiger partial charge in [-0.05, 0) is 28.7 Å². The predicted octanol–water partition coefficient (Wildman–Crippen LogP) is 3.66. The van der Waals surface area contributed by atoms with Crippen LogP contribution >= 0.6 is 0 Å². The van der Waals surface area contributed by atoms with Crippen molar-refractivity contribution in [3.8, 4) is 0 Å². The smallest absolute Gasteiger partial charge is 0.306 e. The monoisotopic (exact) mass is 331 g/mol. The third-order valence-electron chi connectivity index (χ3n) is 5.78. The van der Waals surface area contributed by atoms with E-state index in [2.05, 4.69) is 65.6 Å². The highest BCUT2D eigenvalue weighted by Gasteiger charge is 2.47. The predicted molar refractivity (Wildman–Crippen MR) is 95.8 cm³/mol. The molecule has 3 aliphatic rings. The van der Waals surface area contributed by atoms with Gasteiger partial charge in [0.15, 0.2) is 0 Å². The molecule has 0 aromatic heterocycles. The summed E-state index contributed by atoms with van der Waals surface area (Å²) < 4.78 is 5.65. The van der Waals surface area contributed by atoms with Crippen molar-refractivity contribution in [2.45, 2.75) is 31.5 Å². The number of ether oxygens (including phenoxy) is 1. The van der Waals surface area contributed by atoms with E-state index in [1.54, 1.807) is 0 Å². The van der Waals surface area contributed by atoms with Crippen LogP contribution in [0.2, 0.25) is 0 Å². The summed E-state index contributed by atoms with van der Waals surface area (Å²) in [5.74, 6) is 0.202. The summed E-state index contributed by atoms with van der Waals surface area (Å²) in [4.78, 5) is 14.4. The zero-order chi connectivity index (χ0) is 16.8. The summed E-state index contributed by atoms with van der Waals surface area (Å²) in [6, 6.07) is 19.6. The summed E-state index contributed by atoms with van der Waals surface area (Å²) >= 11 is 0. The number of esters is 1. The number of likely N-dealkylation sites (tertiary alicyclic amines) is 1. The fourth-order valence-corrected chi connectivity index (χ4v) is 4.68. The molecule has 25 heavy (non-hydrogen) atoms. The highest BCUT2D eigenvalue weighted by atomic mass is 16.6. The van der Waals surface area contributed by atoms with E-state index in [1.165, 1.54) is 22.3 Å². The Morgan fingerprint density at radius 3 is 2.72 bits per heavy atom. The van der Waals surface area contributed by atoms with Crippen molar-refractivity contribution in [1.29, 1.82) is 0 Å². The molecule has 2 aromatic carbocycles. The van der Waals surface area contributed by atoms with Crippen LogP contribution < -0.4 is 0 Å². The summed E-state index contributed by atoms with van der Waals surface area (Å²) in [6.07, 6.45) is 3.85. The fraction of sp³-hybridized carbons (Fsp3) is 0.318. The van der Waals surface area contributed by atoms with E-state index in [0.29, 0.717) is 6.42 Å². The van der Waals surface area contributed by atoms with Crippen LogP contribution in [0.3, 0.4) is 0 Å². The molecule has 1 aliphatic carbocycles. The molecule has 0 spiro atoms. The molecule has 5 rings (SSSR count). The molecule has 2 fully saturated rings. The average Bonchev–Trinajstić information content (AvgIpc) is 3.02. The molecular weight excluding hydrogens is 310 g/mol. The molecule has 3 heteroatoms. The third-order valence-corrected chi connectivity index (χ3v) is 5.78. The SMILES string of the molecule is O=C1C[C@H]2C3=CCc4ccccc4[C@@H]3N(Cc3ccccc3)C[C@H]2O1. The number of hydrogen-bond donors (Lipinski definition) is 0. The molecule has 0 radical (unpaired) electrons. The molecule has 2 heterocycles. The van der Waals surface area contributed by atoms with Gasteiger partial charge in [-0.25, -0.2) is 0 Å². The topological polar surface area (TPSA) is 29.5 Å². The molecule has 3 nitrogen and oxygen atoms in total. The van der Waals surface area contributed by atoms with E-state index in [9.17, 15) is 4.79 Å². The maximum absolute atomic E-state index is 11.9. The van der Waals surface area contributed by atoms with E-state index in [-0.39, 0.29) is 24.0 Å². The second-order valence-electron chi connectivity index (χ2n) is 7.26. The van der Waals surface area contributed by atoms with Crippen LogP contribution in [0.4, 0.5) is 0 Å². The Morgan fingerprint density at radius 2 is 1.84 bits per heavy atom. The minimum absolute atomic E-state index is 0.00368. The van der Waals surface area contributed by atoms with Gasteiger partial charge in [0.25, 0.3) is 0 Å². The van der Waals surface area contributed by atoms with E-state index in [0.717, 1.165) is 19.5 Å². The molecule has 0 unspecified atom stereocenters. The Balaban J connectivity index is 1.56. The molecule has 0 amide bonds. The number of nitrogens with zero attached hydrogens (tertiary/aromatic N) is 1. The number of allylic oxidation sites excluding steroid dienone is 1. The number of carbonyl (C=O) groups excluding carboxylic acids is 1. The van der Waals surface area contributed by atoms with E-state index in [4.69, 9.17) is 4.74 Å². The van der Waals surface area contributed by atoms with E-state index >= 15 is 0 Å². The van der Waals surface area contributed by atoms with Gasteiger partial charge >= 0.3 is 5.97 Å². The third kappa shape index (κ3) is 2.50. The van der Waals surface area contributed by atoms with Crippen LogP contribution in [0, 0.1) is 5.92 Å². The molecule has 0 N–H and O–H groups in total. The average molecular weight is 331 g/mol. The van der Waals surface area contributed by atoms with Crippen molar-refractivity contribution in [3.05, 3.63) is 82.9 Å². The molecule has 2 saturated heterocycles. The lowest BCUT2D eigenvalue weighted by atomic mass is 9.75. The van der Waals surface area contributed by atoms with Gasteiger partial charge < -0.3 is 4.74 Å². The molecule has 126 valence electrons. The first-order chi connectivity index (χ1) is 12.3. The van der Waals surface area contributed by atoms with Crippen molar-refractivity contribution in [2.75, 3.05) is 6.54 Å². The van der Waals surface area contributed by atoms with E-state index in [1.807, 2.05) is 0 Å². The quantitative estimate of drug-likeness (QED) is 0.621. The maximum Gasteiger partial charge on any atom is 0.306 e. The zero-order valence-electron chi connectivity index (χ0n) is 14.1. The maximum atomic E-state index is 11.9. The van der Waals surface area contributed by atoms with Crippen molar-refractivity contribution in [1.82, 2.24) is 4.90 Å². The summed E-state index contributed by atoms with van der Waals surface area (Å²) in [5, 5.41) is 0. The lowest BCUT2D eigenvalue weighted by Gasteiger charge is -2.45. The first-order valence-electron chi connectivity index (χ1n) is 9.05. The van der Waals surface area contributed by atoms with Crippen molar-refractivity contribution in [3.63, 3.8) is 0 Å². The second-order valence-corrected chi connectivity index (χ2v) is 7.26. The summed E-state index contributed by atoms with van der Waals surface area (Å²) in [7, 11) is 0. The standard InChI is InChI=1S/C22H21NO2/c24-21-12-19-18-11-10-16-8-4-5-9-17(16)22(18)23(14-20(19)25-21)13-15-6-2-1-3-7-15/h1-9,11,19-20,22H,10,12-14H2/t19-,20+,22-/m0/s1. The van der Waals surface area contributed by atoms with Gasteiger partial charge in [0.1, 0.15) is 6.10 Å². The van der Waals surface area contributed by atoms with Crippen LogP contribution in [0.1, 0.15) is 29.2 Å². The number of hydrogen-bond acceptors (Lipinski definition) is 3. The molecule has 2 aliphatic heterocycles. The highest BCUT2D eigenvalue weighted by molar-refractivity contribution is 5.73. The number of fused-ring (bicyclic) bond motifs is 5. The molecule has 2 aromatic rings. The van der Waals surface area contributed by atoms with Crippen molar-refractivity contribution < 1.29 is 9.53 Å². The number of piperidine rings is 1. The minimum atomic E-state index is -0.0462. The van der Waals surface area contributed by atoms with Crippen LogP contribution in [-0.2, 0) is 22.5 Å². The summed E-state index contributed by atoms with van der Waals surface area (Å²) in [6.45, 7) is 1.68. The second kappa shape index (κ2) is 5.85. The lowest BCUT2D eigenvalue weighted by Crippen LogP contribution is -2.46. The Labute approximate surface area is 147 Å². The molecular formula is C22H21NO2. The van der Waals surface area contributed by atoms with Gasteiger partial charge in [0.05, 0.1) is 12.5 Å². The van der Waals surface area contributed by atoms with Crippen molar-refractivity contribution >= 4 is 5.97 Å². The molecule has 3 atom stereocenters. The van der Waals surface area contributed by atoms with Gasteiger partial charge in [0.2, 0.25) is 0 Å². The van der Waals surface area contributed by atoms with Crippen LogP contribution in [0.25, 0.3) is 0 Å². The van der Waals surface area contributed by atoms with Gasteiger partial charge in [-0.2, -0.15) is 0 Å². The van der Waals surface area contributed by atoms with Gasteiger partial charge in [-0.15, -0.1) is 0 Å². The van der Waals surface area contributed by atoms with Gasteiger partial charge in [-0.3, -0.25) is 9.69 Å². The normalized spacial score (nSPS) is 27.8. The lowest BCUT2D eigenvalue weighted by molar-refractivity contribution is -0.142. The summed E-state index contributed by atoms with van der Waals surface area (Å²) in [5.41, 5.74) is 5.48. The van der Waals surface area contributed by atoms with Crippen LogP contribution in [0.5, 0.6) is 0 Å². The van der Waals surface area contributed by atoms with Crippen LogP contribution in [0.15, 0.2) is 66.2 Å². The van der Waals surface area contributed by atoms with E-state index < -0.39 is 0 Å². The minimum Gasteiger partial charge on any atom is -0.460 e. The Hall–Kier alpha value is -2.39. The molecule has 0 saturated carbocycles. The Kier molecular flexibility index (Phi) is 3.49. The first kappa shape index (κ1) is 14.9. The highest BCUT2D eigenvalue weighted by Crippen LogP contribution is 2.47. The Bertz CT molecular complexity index is 842. The number of rotatable bonds is 2. The first-order valence-corrected chi connectivity index (χ1v) is 9.05. The van der Waals surface area contributed by atoms with Crippen molar-refractivity contribution in [2.24, 2.45) is 5.92 Å². The van der Waals surface area contributed by atoms with Gasteiger partial charge in [0, 0.05) is 19.0 Å². The number of carbonyl (C=O) groups is 1. The Morgan fingerprint density at radius 1 is 1.04 bits per heavy atom. The largest absolute Gasteiger partial charge is 0.460 e. The van der Waals surface area contributed by atoms with Crippen LogP contribution in [-0.4, -0.2) is 23.5 Å². The fourth-order valence-electron chi connectivity index (χ4n) is 4.68. The zero-order valence-corrected chi connectivity index (χ0v) is 14.1. The molecule has 0 bridgehead atoms. The number of benzene rings is 2.